The first-order chi connectivity index (χ1) is 10.1. The lowest BCUT2D eigenvalue weighted by Gasteiger charge is -2.20. The molecule has 2 rings (SSSR count). The van der Waals surface area contributed by atoms with E-state index in [1.165, 1.54) is 0 Å². The number of benzene rings is 1. The first-order valence-corrected chi connectivity index (χ1v) is 7.45. The van der Waals surface area contributed by atoms with Crippen molar-refractivity contribution in [3.63, 3.8) is 0 Å². The van der Waals surface area contributed by atoms with Gasteiger partial charge in [0.05, 0.1) is 6.42 Å². The van der Waals surface area contributed by atoms with Crippen molar-refractivity contribution in [1.82, 2.24) is 0 Å². The van der Waals surface area contributed by atoms with E-state index in [0.717, 1.165) is 5.56 Å². The molecule has 0 bridgehead atoms. The lowest BCUT2D eigenvalue weighted by Crippen LogP contribution is -2.22. The second kappa shape index (κ2) is 7.25. The van der Waals surface area contributed by atoms with Crippen LogP contribution in [0.4, 0.5) is 0 Å². The molecule has 1 fully saturated rings. The fourth-order valence-electron chi connectivity index (χ4n) is 2.64. The van der Waals surface area contributed by atoms with Gasteiger partial charge in [0.25, 0.3) is 0 Å². The van der Waals surface area contributed by atoms with E-state index in [9.17, 15) is 9.59 Å². The molecule has 0 saturated carbocycles. The molecule has 0 aliphatic carbocycles. The molecule has 0 radical (unpaired) electrons. The molecule has 114 valence electrons. The highest BCUT2D eigenvalue weighted by Gasteiger charge is 2.36. The van der Waals surface area contributed by atoms with E-state index in [1.807, 2.05) is 30.3 Å². The van der Waals surface area contributed by atoms with Gasteiger partial charge >= 0.3 is 11.9 Å². The SMILES string of the molecule is CC(C)[C@@H]1CC(=O)O[C@H]1CCC(=O)OCc1ccccc1. The van der Waals surface area contributed by atoms with Crippen molar-refractivity contribution in [2.24, 2.45) is 11.8 Å². The van der Waals surface area contributed by atoms with Crippen LogP contribution in [-0.4, -0.2) is 18.0 Å². The molecule has 1 heterocycles. The molecule has 4 nitrogen and oxygen atoms in total. The zero-order valence-corrected chi connectivity index (χ0v) is 12.6. The standard InChI is InChI=1S/C17H22O4/c1-12(2)14-10-17(19)21-15(14)8-9-16(18)20-11-13-6-4-3-5-7-13/h3-7,12,14-15H,8-11H2,1-2H3/t14-,15-/m0/s1. The zero-order valence-electron chi connectivity index (χ0n) is 12.6. The van der Waals surface area contributed by atoms with Crippen molar-refractivity contribution >= 4 is 11.9 Å². The number of hydrogen-bond donors (Lipinski definition) is 0. The maximum absolute atomic E-state index is 11.8. The van der Waals surface area contributed by atoms with Crippen LogP contribution in [0.15, 0.2) is 30.3 Å². The minimum Gasteiger partial charge on any atom is -0.462 e. The predicted octanol–water partition coefficient (Wildman–Crippen LogP) is 3.10. The van der Waals surface area contributed by atoms with Crippen LogP contribution in [0.1, 0.15) is 38.7 Å². The average Bonchev–Trinajstić information content (AvgIpc) is 2.85. The first kappa shape index (κ1) is 15.5. The van der Waals surface area contributed by atoms with Crippen molar-refractivity contribution in [2.45, 2.75) is 45.8 Å². The van der Waals surface area contributed by atoms with Crippen LogP contribution in [0, 0.1) is 11.8 Å². The van der Waals surface area contributed by atoms with Gasteiger partial charge in [0.15, 0.2) is 0 Å². The number of hydrogen-bond acceptors (Lipinski definition) is 4. The Morgan fingerprint density at radius 1 is 1.33 bits per heavy atom. The Balaban J connectivity index is 1.74. The number of ether oxygens (including phenoxy) is 2. The number of rotatable bonds is 6. The molecule has 0 spiro atoms. The molecular weight excluding hydrogens is 268 g/mol. The summed E-state index contributed by atoms with van der Waals surface area (Å²) in [5.74, 6) is 0.182. The summed E-state index contributed by atoms with van der Waals surface area (Å²) in [5, 5.41) is 0. The average molecular weight is 290 g/mol. The largest absolute Gasteiger partial charge is 0.462 e. The Bertz CT molecular complexity index is 481. The Morgan fingerprint density at radius 2 is 2.05 bits per heavy atom. The zero-order chi connectivity index (χ0) is 15.2. The fourth-order valence-corrected chi connectivity index (χ4v) is 2.64. The molecule has 1 aliphatic rings. The van der Waals surface area contributed by atoms with Crippen LogP contribution < -0.4 is 0 Å². The van der Waals surface area contributed by atoms with Crippen LogP contribution in [0.25, 0.3) is 0 Å². The molecule has 1 aliphatic heterocycles. The van der Waals surface area contributed by atoms with Crippen LogP contribution >= 0.6 is 0 Å². The van der Waals surface area contributed by atoms with E-state index in [1.54, 1.807) is 0 Å². The molecule has 1 saturated heterocycles. The van der Waals surface area contributed by atoms with Crippen molar-refractivity contribution < 1.29 is 19.1 Å². The molecular formula is C17H22O4. The minimum absolute atomic E-state index is 0.151. The quantitative estimate of drug-likeness (QED) is 0.755. The Morgan fingerprint density at radius 3 is 2.71 bits per heavy atom. The molecule has 1 aromatic carbocycles. The van der Waals surface area contributed by atoms with Gasteiger partial charge in [0, 0.05) is 12.3 Å². The third kappa shape index (κ3) is 4.59. The fraction of sp³-hybridized carbons (Fsp3) is 0.529. The third-order valence-corrected chi connectivity index (χ3v) is 3.89. The van der Waals surface area contributed by atoms with Gasteiger partial charge in [-0.05, 0) is 17.9 Å². The predicted molar refractivity (Wildman–Crippen MR) is 78.3 cm³/mol. The van der Waals surface area contributed by atoms with Crippen molar-refractivity contribution in [3.05, 3.63) is 35.9 Å². The van der Waals surface area contributed by atoms with Crippen LogP contribution in [0.2, 0.25) is 0 Å². The van der Waals surface area contributed by atoms with E-state index in [-0.39, 0.29) is 37.0 Å². The monoisotopic (exact) mass is 290 g/mol. The topological polar surface area (TPSA) is 52.6 Å². The number of carbonyl (C=O) groups excluding carboxylic acids is 2. The summed E-state index contributed by atoms with van der Waals surface area (Å²) in [6.45, 7) is 4.44. The molecule has 0 unspecified atom stereocenters. The second-order valence-corrected chi connectivity index (χ2v) is 5.83. The van der Waals surface area contributed by atoms with Crippen molar-refractivity contribution in [3.8, 4) is 0 Å². The van der Waals surface area contributed by atoms with E-state index in [4.69, 9.17) is 9.47 Å². The normalized spacial score (nSPS) is 21.4. The highest BCUT2D eigenvalue weighted by atomic mass is 16.6. The maximum Gasteiger partial charge on any atom is 0.306 e. The number of cyclic esters (lactones) is 1. The van der Waals surface area contributed by atoms with Gasteiger partial charge < -0.3 is 9.47 Å². The molecule has 2 atom stereocenters. The molecule has 0 aromatic heterocycles. The van der Waals surface area contributed by atoms with Crippen molar-refractivity contribution in [1.29, 1.82) is 0 Å². The van der Waals surface area contributed by atoms with E-state index < -0.39 is 0 Å². The highest BCUT2D eigenvalue weighted by molar-refractivity contribution is 5.72. The van der Waals surface area contributed by atoms with E-state index >= 15 is 0 Å². The summed E-state index contributed by atoms with van der Waals surface area (Å²) < 4.78 is 10.5. The van der Waals surface area contributed by atoms with Gasteiger partial charge in [-0.2, -0.15) is 0 Å². The lowest BCUT2D eigenvalue weighted by atomic mass is 9.87. The van der Waals surface area contributed by atoms with Crippen molar-refractivity contribution in [2.75, 3.05) is 0 Å². The minimum atomic E-state index is -0.246. The summed E-state index contributed by atoms with van der Waals surface area (Å²) in [4.78, 5) is 23.2. The summed E-state index contributed by atoms with van der Waals surface area (Å²) in [7, 11) is 0. The Hall–Kier alpha value is -1.84. The Kier molecular flexibility index (Phi) is 5.37. The van der Waals surface area contributed by atoms with Crippen LogP contribution in [-0.2, 0) is 25.7 Å². The second-order valence-electron chi connectivity index (χ2n) is 5.83. The Labute approximate surface area is 125 Å². The van der Waals surface area contributed by atoms with Gasteiger partial charge in [-0.1, -0.05) is 44.2 Å². The molecule has 0 amide bonds. The molecule has 4 heteroatoms. The van der Waals surface area contributed by atoms with Crippen LogP contribution in [0.3, 0.4) is 0 Å². The first-order valence-electron chi connectivity index (χ1n) is 7.45. The molecule has 1 aromatic rings. The maximum atomic E-state index is 11.8. The number of carbonyl (C=O) groups is 2. The van der Waals surface area contributed by atoms with Gasteiger partial charge in [-0.3, -0.25) is 9.59 Å². The van der Waals surface area contributed by atoms with Gasteiger partial charge in [0.1, 0.15) is 12.7 Å². The smallest absolute Gasteiger partial charge is 0.306 e. The van der Waals surface area contributed by atoms with Gasteiger partial charge in [-0.15, -0.1) is 0 Å². The molecule has 0 N–H and O–H groups in total. The van der Waals surface area contributed by atoms with Gasteiger partial charge in [-0.25, -0.2) is 0 Å². The molecule has 21 heavy (non-hydrogen) atoms. The summed E-state index contributed by atoms with van der Waals surface area (Å²) in [6, 6.07) is 9.58. The van der Waals surface area contributed by atoms with Crippen LogP contribution in [0.5, 0.6) is 0 Å². The summed E-state index contributed by atoms with van der Waals surface area (Å²) >= 11 is 0. The van der Waals surface area contributed by atoms with Gasteiger partial charge in [0.2, 0.25) is 0 Å². The number of esters is 2. The highest BCUT2D eigenvalue weighted by Crippen LogP contribution is 2.31. The van der Waals surface area contributed by atoms with E-state index in [2.05, 4.69) is 13.8 Å². The lowest BCUT2D eigenvalue weighted by molar-refractivity contribution is -0.148. The van der Waals surface area contributed by atoms with E-state index in [0.29, 0.717) is 18.8 Å². The summed E-state index contributed by atoms with van der Waals surface area (Å²) in [5.41, 5.74) is 0.971. The summed E-state index contributed by atoms with van der Waals surface area (Å²) in [6.07, 6.45) is 1.14. The third-order valence-electron chi connectivity index (χ3n) is 3.89.